The fourth-order valence-corrected chi connectivity index (χ4v) is 3.83. The zero-order chi connectivity index (χ0) is 23.0. The van der Waals surface area contributed by atoms with E-state index in [1.807, 2.05) is 31.2 Å². The van der Waals surface area contributed by atoms with Gasteiger partial charge >= 0.3 is 5.97 Å². The van der Waals surface area contributed by atoms with Crippen molar-refractivity contribution in [3.05, 3.63) is 71.9 Å². The van der Waals surface area contributed by atoms with Crippen molar-refractivity contribution in [1.82, 2.24) is 4.98 Å². The van der Waals surface area contributed by atoms with Crippen molar-refractivity contribution in [2.75, 3.05) is 31.1 Å². The molecular formula is C24H22N2O6S. The van der Waals surface area contributed by atoms with E-state index in [1.54, 1.807) is 36.5 Å². The number of rotatable bonds is 9. The highest BCUT2D eigenvalue weighted by Crippen LogP contribution is 2.34. The van der Waals surface area contributed by atoms with Crippen molar-refractivity contribution in [3.63, 3.8) is 0 Å². The highest BCUT2D eigenvalue weighted by atomic mass is 32.2. The van der Waals surface area contributed by atoms with Gasteiger partial charge in [-0.3, -0.25) is 4.79 Å². The molecule has 0 aliphatic carbocycles. The fraction of sp³-hybridized carbons (Fsp3) is 0.208. The Morgan fingerprint density at radius 1 is 1.06 bits per heavy atom. The van der Waals surface area contributed by atoms with Crippen molar-refractivity contribution in [3.8, 4) is 17.2 Å². The number of fused-ring (bicyclic) bond motifs is 1. The first-order valence-corrected chi connectivity index (χ1v) is 11.2. The largest absolute Gasteiger partial charge is 0.490 e. The molecule has 9 heteroatoms. The van der Waals surface area contributed by atoms with E-state index in [-0.39, 0.29) is 31.7 Å². The molecule has 1 N–H and O–H groups in total. The van der Waals surface area contributed by atoms with Gasteiger partial charge in [0.2, 0.25) is 12.7 Å². The standard InChI is InChI=1S/C24H22N2O6S/c1-16-4-2-5-18(12-16)29-10-11-30-24(28)19-6-3-9-25-23(19)33-14-22(27)26-17-7-8-20-21(13-17)32-15-31-20/h2-9,12-13H,10-11,14-15H2,1H3,(H,26,27). The van der Waals surface area contributed by atoms with E-state index in [0.717, 1.165) is 23.1 Å². The molecule has 170 valence electrons. The highest BCUT2D eigenvalue weighted by Gasteiger charge is 2.17. The quantitative estimate of drug-likeness (QED) is 0.286. The van der Waals surface area contributed by atoms with Crippen LogP contribution in [0.15, 0.2) is 65.8 Å². The summed E-state index contributed by atoms with van der Waals surface area (Å²) >= 11 is 1.15. The van der Waals surface area contributed by atoms with Crippen molar-refractivity contribution in [2.24, 2.45) is 0 Å². The zero-order valence-corrected chi connectivity index (χ0v) is 18.7. The maximum absolute atomic E-state index is 12.5. The summed E-state index contributed by atoms with van der Waals surface area (Å²) in [5.74, 6) is 1.26. The van der Waals surface area contributed by atoms with Gasteiger partial charge in [0.05, 0.1) is 11.3 Å². The van der Waals surface area contributed by atoms with E-state index in [9.17, 15) is 9.59 Å². The average Bonchev–Trinajstić information content (AvgIpc) is 3.28. The summed E-state index contributed by atoms with van der Waals surface area (Å²) in [6.45, 7) is 2.47. The summed E-state index contributed by atoms with van der Waals surface area (Å²) in [4.78, 5) is 29.1. The van der Waals surface area contributed by atoms with Crippen LogP contribution in [0, 0.1) is 6.92 Å². The van der Waals surface area contributed by atoms with Crippen LogP contribution in [0.4, 0.5) is 5.69 Å². The molecule has 0 radical (unpaired) electrons. The molecule has 1 aliphatic heterocycles. The number of benzene rings is 2. The van der Waals surface area contributed by atoms with Crippen LogP contribution in [0.1, 0.15) is 15.9 Å². The maximum atomic E-state index is 12.5. The first-order chi connectivity index (χ1) is 16.1. The summed E-state index contributed by atoms with van der Waals surface area (Å²) in [5, 5.41) is 3.22. The van der Waals surface area contributed by atoms with Gasteiger partial charge in [0, 0.05) is 18.0 Å². The minimum atomic E-state index is -0.519. The minimum absolute atomic E-state index is 0.0716. The molecule has 3 aromatic rings. The molecule has 2 heterocycles. The second-order valence-corrected chi connectivity index (χ2v) is 8.03. The van der Waals surface area contributed by atoms with Crippen molar-refractivity contribution < 1.29 is 28.5 Å². The average molecular weight is 467 g/mol. The Morgan fingerprint density at radius 2 is 1.94 bits per heavy atom. The van der Waals surface area contributed by atoms with E-state index in [0.29, 0.717) is 27.8 Å². The lowest BCUT2D eigenvalue weighted by atomic mass is 10.2. The van der Waals surface area contributed by atoms with Gasteiger partial charge < -0.3 is 24.3 Å². The minimum Gasteiger partial charge on any atom is -0.490 e. The Balaban J connectivity index is 1.26. The Kier molecular flexibility index (Phi) is 7.31. The van der Waals surface area contributed by atoms with Crippen LogP contribution in [0.2, 0.25) is 0 Å². The number of hydrogen-bond donors (Lipinski definition) is 1. The zero-order valence-electron chi connectivity index (χ0n) is 17.9. The molecule has 1 aromatic heterocycles. The molecule has 2 aromatic carbocycles. The lowest BCUT2D eigenvalue weighted by molar-refractivity contribution is -0.113. The molecule has 0 atom stereocenters. The molecule has 4 rings (SSSR count). The van der Waals surface area contributed by atoms with Crippen LogP contribution in [0.25, 0.3) is 0 Å². The third-order valence-corrected chi connectivity index (χ3v) is 5.57. The van der Waals surface area contributed by atoms with Gasteiger partial charge in [-0.2, -0.15) is 0 Å². The van der Waals surface area contributed by atoms with E-state index in [1.165, 1.54) is 0 Å². The number of amides is 1. The molecule has 8 nitrogen and oxygen atoms in total. The van der Waals surface area contributed by atoms with E-state index in [4.69, 9.17) is 18.9 Å². The number of carbonyl (C=O) groups excluding carboxylic acids is 2. The van der Waals surface area contributed by atoms with E-state index < -0.39 is 5.97 Å². The summed E-state index contributed by atoms with van der Waals surface area (Å²) in [6, 6.07) is 16.1. The van der Waals surface area contributed by atoms with E-state index >= 15 is 0 Å². The SMILES string of the molecule is Cc1cccc(OCCOC(=O)c2cccnc2SCC(=O)Nc2ccc3c(c2)OCO3)c1. The van der Waals surface area contributed by atoms with Gasteiger partial charge in [0.1, 0.15) is 24.0 Å². The van der Waals surface area contributed by atoms with Gasteiger partial charge in [-0.1, -0.05) is 23.9 Å². The molecule has 0 saturated carbocycles. The summed E-state index contributed by atoms with van der Waals surface area (Å²) < 4.78 is 21.5. The lowest BCUT2D eigenvalue weighted by Gasteiger charge is -2.10. The lowest BCUT2D eigenvalue weighted by Crippen LogP contribution is -2.16. The molecule has 0 fully saturated rings. The molecule has 33 heavy (non-hydrogen) atoms. The van der Waals surface area contributed by atoms with Crippen LogP contribution in [-0.2, 0) is 9.53 Å². The van der Waals surface area contributed by atoms with Crippen LogP contribution in [0.3, 0.4) is 0 Å². The number of nitrogens with one attached hydrogen (secondary N) is 1. The van der Waals surface area contributed by atoms with Crippen molar-refractivity contribution in [1.29, 1.82) is 0 Å². The predicted molar refractivity (Wildman–Crippen MR) is 123 cm³/mol. The second kappa shape index (κ2) is 10.7. The normalized spacial score (nSPS) is 11.7. The van der Waals surface area contributed by atoms with Gasteiger partial charge in [-0.25, -0.2) is 9.78 Å². The summed E-state index contributed by atoms with van der Waals surface area (Å²) in [7, 11) is 0. The number of pyridine rings is 1. The second-order valence-electron chi connectivity index (χ2n) is 7.06. The number of ether oxygens (including phenoxy) is 4. The number of aryl methyl sites for hydroxylation is 1. The third-order valence-electron chi connectivity index (χ3n) is 4.56. The van der Waals surface area contributed by atoms with Crippen LogP contribution in [-0.4, -0.2) is 42.6 Å². The smallest absolute Gasteiger partial charge is 0.341 e. The third kappa shape index (κ3) is 6.17. The Hall–Kier alpha value is -3.72. The number of thioether (sulfide) groups is 1. The molecule has 0 bridgehead atoms. The topological polar surface area (TPSA) is 96.0 Å². The van der Waals surface area contributed by atoms with Crippen molar-refractivity contribution >= 4 is 29.3 Å². The number of nitrogens with zero attached hydrogens (tertiary/aromatic N) is 1. The molecule has 1 aliphatic rings. The first-order valence-electron chi connectivity index (χ1n) is 10.2. The fourth-order valence-electron chi connectivity index (χ4n) is 3.04. The van der Waals surface area contributed by atoms with Crippen molar-refractivity contribution in [2.45, 2.75) is 11.9 Å². The monoisotopic (exact) mass is 466 g/mol. The van der Waals surface area contributed by atoms with Crippen LogP contribution < -0.4 is 19.5 Å². The number of anilines is 1. The van der Waals surface area contributed by atoms with Crippen LogP contribution >= 0.6 is 11.8 Å². The summed E-state index contributed by atoms with van der Waals surface area (Å²) in [5.41, 5.74) is 1.98. The number of aromatic nitrogens is 1. The molecule has 0 spiro atoms. The van der Waals surface area contributed by atoms with Crippen LogP contribution in [0.5, 0.6) is 17.2 Å². The summed E-state index contributed by atoms with van der Waals surface area (Å²) in [6.07, 6.45) is 1.57. The molecule has 0 saturated heterocycles. The van der Waals surface area contributed by atoms with Gasteiger partial charge in [-0.05, 0) is 48.9 Å². The van der Waals surface area contributed by atoms with E-state index in [2.05, 4.69) is 10.3 Å². The highest BCUT2D eigenvalue weighted by molar-refractivity contribution is 8.00. The predicted octanol–water partition coefficient (Wildman–Crippen LogP) is 4.09. The number of hydrogen-bond acceptors (Lipinski definition) is 8. The molecule has 1 amide bonds. The van der Waals surface area contributed by atoms with Gasteiger partial charge in [0.15, 0.2) is 11.5 Å². The van der Waals surface area contributed by atoms with Gasteiger partial charge in [0.25, 0.3) is 0 Å². The molecular weight excluding hydrogens is 444 g/mol. The maximum Gasteiger partial charge on any atom is 0.341 e. The number of esters is 1. The molecule has 0 unspecified atom stereocenters. The first kappa shape index (κ1) is 22.5. The Bertz CT molecular complexity index is 1150. The Labute approximate surface area is 195 Å². The van der Waals surface area contributed by atoms with Gasteiger partial charge in [-0.15, -0.1) is 0 Å². The number of carbonyl (C=O) groups is 2. The Morgan fingerprint density at radius 3 is 2.82 bits per heavy atom.